The minimum absolute atomic E-state index is 0.517. The molecule has 0 saturated carbocycles. The molecule has 0 aliphatic heterocycles. The Morgan fingerprint density at radius 3 is 2.62 bits per heavy atom. The molecule has 0 aliphatic rings. The van der Waals surface area contributed by atoms with Crippen LogP contribution in [0.5, 0.6) is 0 Å². The number of aryl methyl sites for hydroxylation is 1. The van der Waals surface area contributed by atoms with Crippen molar-refractivity contribution in [1.82, 2.24) is 10.3 Å². The molecule has 0 amide bonds. The third kappa shape index (κ3) is 3.96. The number of rotatable bonds is 6. The van der Waals surface area contributed by atoms with E-state index in [0.29, 0.717) is 12.5 Å². The highest BCUT2D eigenvalue weighted by atomic mass is 15.1. The summed E-state index contributed by atoms with van der Waals surface area (Å²) in [5, 5.41) is 4.46. The van der Waals surface area contributed by atoms with Crippen LogP contribution < -0.4 is 11.1 Å². The Kier molecular flexibility index (Phi) is 5.16. The van der Waals surface area contributed by atoms with Crippen LogP contribution in [0.4, 0.5) is 0 Å². The van der Waals surface area contributed by atoms with E-state index in [-0.39, 0.29) is 0 Å². The average Bonchev–Trinajstić information content (AvgIpc) is 2.92. The van der Waals surface area contributed by atoms with Crippen LogP contribution in [-0.2, 0) is 12.8 Å². The number of hydrogen-bond donors (Lipinski definition) is 3. The largest absolute Gasteiger partial charge is 0.370 e. The van der Waals surface area contributed by atoms with Crippen molar-refractivity contribution in [2.45, 2.75) is 19.8 Å². The number of para-hydroxylation sites is 1. The molecule has 0 spiro atoms. The first-order chi connectivity index (χ1) is 11.7. The summed E-state index contributed by atoms with van der Waals surface area (Å²) < 4.78 is 0. The number of benzene rings is 2. The Morgan fingerprint density at radius 1 is 1.04 bits per heavy atom. The minimum Gasteiger partial charge on any atom is -0.370 e. The smallest absolute Gasteiger partial charge is 0.188 e. The summed E-state index contributed by atoms with van der Waals surface area (Å²) in [6.07, 6.45) is 1.83. The SMILES string of the molecule is Cc1[nH]c2ccccc2c1CCN=C(N)NCCc1ccccc1. The van der Waals surface area contributed by atoms with Gasteiger partial charge >= 0.3 is 0 Å². The number of nitrogens with one attached hydrogen (secondary N) is 2. The van der Waals surface area contributed by atoms with Gasteiger partial charge in [-0.25, -0.2) is 0 Å². The molecule has 0 unspecified atom stereocenters. The number of nitrogens with two attached hydrogens (primary N) is 1. The number of fused-ring (bicyclic) bond motifs is 1. The van der Waals surface area contributed by atoms with Crippen molar-refractivity contribution in [3.8, 4) is 0 Å². The van der Waals surface area contributed by atoms with Gasteiger partial charge in [0.2, 0.25) is 0 Å². The van der Waals surface area contributed by atoms with Gasteiger partial charge in [-0.2, -0.15) is 0 Å². The van der Waals surface area contributed by atoms with Crippen molar-refractivity contribution < 1.29 is 0 Å². The quantitative estimate of drug-likeness (QED) is 0.482. The zero-order valence-electron chi connectivity index (χ0n) is 14.0. The highest BCUT2D eigenvalue weighted by Gasteiger charge is 2.06. The topological polar surface area (TPSA) is 66.2 Å². The van der Waals surface area contributed by atoms with E-state index in [0.717, 1.165) is 19.4 Å². The second-order valence-corrected chi connectivity index (χ2v) is 5.95. The molecule has 1 heterocycles. The molecule has 4 heteroatoms. The van der Waals surface area contributed by atoms with Crippen molar-refractivity contribution in [2.75, 3.05) is 13.1 Å². The van der Waals surface area contributed by atoms with Crippen molar-refractivity contribution in [2.24, 2.45) is 10.7 Å². The number of aliphatic imine (C=N–C) groups is 1. The molecule has 4 nitrogen and oxygen atoms in total. The Bertz CT molecular complexity index is 818. The lowest BCUT2D eigenvalue weighted by Gasteiger charge is -2.06. The van der Waals surface area contributed by atoms with E-state index in [1.807, 2.05) is 6.07 Å². The fourth-order valence-corrected chi connectivity index (χ4v) is 2.98. The molecule has 1 aromatic heterocycles. The normalized spacial score (nSPS) is 11.8. The number of hydrogen-bond acceptors (Lipinski definition) is 1. The van der Waals surface area contributed by atoms with E-state index in [1.54, 1.807) is 0 Å². The molecule has 0 fully saturated rings. The Balaban J connectivity index is 1.51. The monoisotopic (exact) mass is 320 g/mol. The van der Waals surface area contributed by atoms with Gasteiger partial charge in [0.25, 0.3) is 0 Å². The van der Waals surface area contributed by atoms with Gasteiger partial charge in [0.15, 0.2) is 5.96 Å². The number of nitrogens with zero attached hydrogens (tertiary/aromatic N) is 1. The first-order valence-corrected chi connectivity index (χ1v) is 8.38. The number of aromatic nitrogens is 1. The summed E-state index contributed by atoms with van der Waals surface area (Å²) in [5.74, 6) is 0.517. The van der Waals surface area contributed by atoms with Crippen LogP contribution in [0.3, 0.4) is 0 Å². The summed E-state index contributed by atoms with van der Waals surface area (Å²) in [6.45, 7) is 3.60. The molecule has 0 bridgehead atoms. The molecule has 3 aromatic rings. The molecule has 24 heavy (non-hydrogen) atoms. The number of guanidine groups is 1. The maximum absolute atomic E-state index is 5.96. The lowest BCUT2D eigenvalue weighted by Crippen LogP contribution is -2.33. The van der Waals surface area contributed by atoms with Crippen LogP contribution in [0.25, 0.3) is 10.9 Å². The van der Waals surface area contributed by atoms with Gasteiger partial charge in [0.05, 0.1) is 0 Å². The number of aromatic amines is 1. The second kappa shape index (κ2) is 7.68. The highest BCUT2D eigenvalue weighted by molar-refractivity contribution is 5.84. The average molecular weight is 320 g/mol. The maximum Gasteiger partial charge on any atom is 0.188 e. The fraction of sp³-hybridized carbons (Fsp3) is 0.250. The first-order valence-electron chi connectivity index (χ1n) is 8.38. The van der Waals surface area contributed by atoms with Crippen LogP contribution in [0.1, 0.15) is 16.8 Å². The standard InChI is InChI=1S/C20H24N4/c1-15-17(18-9-5-6-10-19(18)24-15)12-14-23-20(21)22-13-11-16-7-3-2-4-8-16/h2-10,24H,11-14H2,1H3,(H3,21,22,23). The Labute approximate surface area is 142 Å². The molecule has 4 N–H and O–H groups in total. The van der Waals surface area contributed by atoms with Gasteiger partial charge < -0.3 is 16.0 Å². The van der Waals surface area contributed by atoms with E-state index in [9.17, 15) is 0 Å². The molecule has 2 aromatic carbocycles. The zero-order valence-corrected chi connectivity index (χ0v) is 14.0. The maximum atomic E-state index is 5.96. The molecule has 0 aliphatic carbocycles. The third-order valence-electron chi connectivity index (χ3n) is 4.23. The molecule has 0 saturated heterocycles. The van der Waals surface area contributed by atoms with Crippen molar-refractivity contribution >= 4 is 16.9 Å². The zero-order chi connectivity index (χ0) is 16.8. The van der Waals surface area contributed by atoms with Gasteiger partial charge in [-0.15, -0.1) is 0 Å². The summed E-state index contributed by atoms with van der Waals surface area (Å²) >= 11 is 0. The molecular formula is C20H24N4. The predicted octanol–water partition coefficient (Wildman–Crippen LogP) is 3.17. The van der Waals surface area contributed by atoms with Crippen LogP contribution in [-0.4, -0.2) is 24.0 Å². The Hall–Kier alpha value is -2.75. The predicted molar refractivity (Wildman–Crippen MR) is 101 cm³/mol. The summed E-state index contributed by atoms with van der Waals surface area (Å²) in [4.78, 5) is 7.87. The van der Waals surface area contributed by atoms with Crippen LogP contribution in [0.15, 0.2) is 59.6 Å². The highest BCUT2D eigenvalue weighted by Crippen LogP contribution is 2.22. The van der Waals surface area contributed by atoms with E-state index in [4.69, 9.17) is 5.73 Å². The first kappa shape index (κ1) is 16.1. The summed E-state index contributed by atoms with van der Waals surface area (Å²) in [5.41, 5.74) is 11.0. The van der Waals surface area contributed by atoms with E-state index in [2.05, 4.69) is 70.7 Å². The van der Waals surface area contributed by atoms with Gasteiger partial charge in [-0.1, -0.05) is 48.5 Å². The molecule has 0 radical (unpaired) electrons. The molecule has 0 atom stereocenters. The fourth-order valence-electron chi connectivity index (χ4n) is 2.98. The lowest BCUT2D eigenvalue weighted by atomic mass is 10.1. The summed E-state index contributed by atoms with van der Waals surface area (Å²) in [7, 11) is 0. The van der Waals surface area contributed by atoms with Gasteiger partial charge in [0, 0.05) is 29.7 Å². The van der Waals surface area contributed by atoms with Crippen LogP contribution in [0.2, 0.25) is 0 Å². The third-order valence-corrected chi connectivity index (χ3v) is 4.23. The van der Waals surface area contributed by atoms with E-state index < -0.39 is 0 Å². The Morgan fingerprint density at radius 2 is 1.79 bits per heavy atom. The van der Waals surface area contributed by atoms with Crippen molar-refractivity contribution in [3.05, 3.63) is 71.4 Å². The van der Waals surface area contributed by atoms with Gasteiger partial charge in [-0.3, -0.25) is 4.99 Å². The van der Waals surface area contributed by atoms with Crippen LogP contribution in [0, 0.1) is 6.92 Å². The lowest BCUT2D eigenvalue weighted by molar-refractivity contribution is 0.843. The summed E-state index contributed by atoms with van der Waals surface area (Å²) in [6, 6.07) is 18.8. The molecule has 124 valence electrons. The van der Waals surface area contributed by atoms with Crippen molar-refractivity contribution in [3.63, 3.8) is 0 Å². The van der Waals surface area contributed by atoms with Gasteiger partial charge in [0.1, 0.15) is 0 Å². The van der Waals surface area contributed by atoms with Crippen molar-refractivity contribution in [1.29, 1.82) is 0 Å². The minimum atomic E-state index is 0.517. The van der Waals surface area contributed by atoms with E-state index >= 15 is 0 Å². The van der Waals surface area contributed by atoms with Crippen LogP contribution >= 0.6 is 0 Å². The second-order valence-electron chi connectivity index (χ2n) is 5.95. The van der Waals surface area contributed by atoms with Gasteiger partial charge in [-0.05, 0) is 37.0 Å². The van der Waals surface area contributed by atoms with E-state index in [1.165, 1.54) is 27.7 Å². The molecule has 3 rings (SSSR count). The molecular weight excluding hydrogens is 296 g/mol. The number of H-pyrrole nitrogens is 1.